The van der Waals surface area contributed by atoms with Crippen molar-refractivity contribution >= 4 is 5.97 Å². The Bertz CT molecular complexity index is 308. The van der Waals surface area contributed by atoms with Crippen molar-refractivity contribution in [1.29, 1.82) is 0 Å². The number of carboxylic acids is 1. The summed E-state index contributed by atoms with van der Waals surface area (Å²) < 4.78 is 5.44. The zero-order valence-corrected chi connectivity index (χ0v) is 7.06. The van der Waals surface area contributed by atoms with E-state index in [0.717, 1.165) is 11.3 Å². The number of para-hydroxylation sites is 1. The molecule has 1 aliphatic rings. The molecule has 13 heavy (non-hydrogen) atoms. The molecule has 0 aromatic heterocycles. The number of fused-ring (bicyclic) bond motifs is 1. The lowest BCUT2D eigenvalue weighted by atomic mass is 10.1. The van der Waals surface area contributed by atoms with Gasteiger partial charge >= 0.3 is 5.97 Å². The molecule has 3 heteroatoms. The number of hydrogen-bond donors (Lipinski definition) is 1. The van der Waals surface area contributed by atoms with Gasteiger partial charge in [0.1, 0.15) is 11.9 Å². The van der Waals surface area contributed by atoms with Gasteiger partial charge in [0.15, 0.2) is 0 Å². The lowest BCUT2D eigenvalue weighted by molar-refractivity contribution is -0.138. The van der Waals surface area contributed by atoms with Crippen molar-refractivity contribution in [3.63, 3.8) is 0 Å². The first-order chi connectivity index (χ1) is 6.25. The van der Waals surface area contributed by atoms with Gasteiger partial charge in [-0.25, -0.2) is 0 Å². The van der Waals surface area contributed by atoms with E-state index in [0.29, 0.717) is 6.42 Å². The normalized spacial score (nSPS) is 19.2. The Morgan fingerprint density at radius 1 is 1.54 bits per heavy atom. The molecule has 0 spiro atoms. The van der Waals surface area contributed by atoms with Gasteiger partial charge in [-0.2, -0.15) is 0 Å². The first-order valence-electron chi connectivity index (χ1n) is 4.22. The minimum atomic E-state index is -0.808. The zero-order chi connectivity index (χ0) is 9.26. The van der Waals surface area contributed by atoms with Gasteiger partial charge in [0.2, 0.25) is 0 Å². The summed E-state index contributed by atoms with van der Waals surface area (Å²) in [6.07, 6.45) is 0.604. The Balaban J connectivity index is 2.09. The summed E-state index contributed by atoms with van der Waals surface area (Å²) in [5.74, 6) is 0.0200. The summed E-state index contributed by atoms with van der Waals surface area (Å²) in [5, 5.41) is 8.57. The molecule has 0 bridgehead atoms. The maximum absolute atomic E-state index is 10.4. The molecule has 1 aliphatic heterocycles. The van der Waals surface area contributed by atoms with Gasteiger partial charge in [-0.3, -0.25) is 4.79 Å². The minimum absolute atomic E-state index is 0.0781. The molecule has 0 aliphatic carbocycles. The van der Waals surface area contributed by atoms with Gasteiger partial charge in [0.25, 0.3) is 0 Å². The van der Waals surface area contributed by atoms with E-state index < -0.39 is 5.97 Å². The lowest BCUT2D eigenvalue weighted by Crippen LogP contribution is -2.17. The van der Waals surface area contributed by atoms with Crippen molar-refractivity contribution < 1.29 is 14.6 Å². The highest BCUT2D eigenvalue weighted by atomic mass is 16.5. The third kappa shape index (κ3) is 1.64. The van der Waals surface area contributed by atoms with E-state index in [1.54, 1.807) is 0 Å². The molecule has 1 N–H and O–H groups in total. The molecular weight excluding hydrogens is 168 g/mol. The van der Waals surface area contributed by atoms with Gasteiger partial charge in [0, 0.05) is 6.42 Å². The average molecular weight is 178 g/mol. The predicted molar refractivity (Wildman–Crippen MR) is 46.8 cm³/mol. The van der Waals surface area contributed by atoms with Crippen LogP contribution in [0.3, 0.4) is 0 Å². The summed E-state index contributed by atoms with van der Waals surface area (Å²) >= 11 is 0. The quantitative estimate of drug-likeness (QED) is 0.745. The molecule has 1 atom stereocenters. The standard InChI is InChI=1S/C10H10O3/c11-10(12)6-8-5-7-3-1-2-4-9(7)13-8/h1-4,8H,5-6H2,(H,11,12)/t8-/m1/s1. The van der Waals surface area contributed by atoms with Gasteiger partial charge in [0.05, 0.1) is 6.42 Å². The second kappa shape index (κ2) is 3.09. The minimum Gasteiger partial charge on any atom is -0.489 e. The first-order valence-corrected chi connectivity index (χ1v) is 4.22. The van der Waals surface area contributed by atoms with E-state index in [-0.39, 0.29) is 12.5 Å². The molecule has 3 nitrogen and oxygen atoms in total. The summed E-state index contributed by atoms with van der Waals surface area (Å²) in [4.78, 5) is 10.4. The fourth-order valence-electron chi connectivity index (χ4n) is 1.56. The van der Waals surface area contributed by atoms with E-state index in [4.69, 9.17) is 9.84 Å². The second-order valence-corrected chi connectivity index (χ2v) is 3.15. The Morgan fingerprint density at radius 2 is 2.31 bits per heavy atom. The highest BCUT2D eigenvalue weighted by Gasteiger charge is 2.24. The molecule has 0 fully saturated rings. The van der Waals surface area contributed by atoms with Crippen LogP contribution < -0.4 is 4.74 Å². The molecule has 1 aromatic rings. The first kappa shape index (κ1) is 8.10. The number of ether oxygens (including phenoxy) is 1. The van der Waals surface area contributed by atoms with Crippen molar-refractivity contribution in [3.05, 3.63) is 29.8 Å². The maximum atomic E-state index is 10.4. The highest BCUT2D eigenvalue weighted by molar-refractivity contribution is 5.67. The summed E-state index contributed by atoms with van der Waals surface area (Å²) in [7, 11) is 0. The predicted octanol–water partition coefficient (Wildman–Crippen LogP) is 1.46. The molecule has 1 aromatic carbocycles. The molecule has 2 rings (SSSR count). The Labute approximate surface area is 76.0 Å². The molecular formula is C10H10O3. The van der Waals surface area contributed by atoms with Crippen LogP contribution in [0.25, 0.3) is 0 Å². The van der Waals surface area contributed by atoms with Crippen LogP contribution in [-0.4, -0.2) is 17.2 Å². The largest absolute Gasteiger partial charge is 0.489 e. The number of benzene rings is 1. The molecule has 68 valence electrons. The number of rotatable bonds is 2. The van der Waals surface area contributed by atoms with Gasteiger partial charge in [-0.05, 0) is 11.6 Å². The summed E-state index contributed by atoms with van der Waals surface area (Å²) in [6, 6.07) is 7.67. The van der Waals surface area contributed by atoms with E-state index in [9.17, 15) is 4.79 Å². The number of hydrogen-bond acceptors (Lipinski definition) is 2. The smallest absolute Gasteiger partial charge is 0.307 e. The van der Waals surface area contributed by atoms with Gasteiger partial charge in [-0.1, -0.05) is 18.2 Å². The molecule has 0 radical (unpaired) electrons. The Morgan fingerprint density at radius 3 is 3.00 bits per heavy atom. The van der Waals surface area contributed by atoms with Crippen LogP contribution in [0.5, 0.6) is 5.75 Å². The monoisotopic (exact) mass is 178 g/mol. The maximum Gasteiger partial charge on any atom is 0.307 e. The van der Waals surface area contributed by atoms with E-state index >= 15 is 0 Å². The van der Waals surface area contributed by atoms with Crippen LogP contribution in [0.1, 0.15) is 12.0 Å². The van der Waals surface area contributed by atoms with Crippen LogP contribution in [0, 0.1) is 0 Å². The number of carbonyl (C=O) groups is 1. The third-order valence-corrected chi connectivity index (χ3v) is 2.12. The van der Waals surface area contributed by atoms with Crippen LogP contribution in [-0.2, 0) is 11.2 Å². The number of carboxylic acid groups (broad SMARTS) is 1. The fourth-order valence-corrected chi connectivity index (χ4v) is 1.56. The highest BCUT2D eigenvalue weighted by Crippen LogP contribution is 2.29. The van der Waals surface area contributed by atoms with E-state index in [1.807, 2.05) is 24.3 Å². The summed E-state index contributed by atoms with van der Waals surface area (Å²) in [6.45, 7) is 0. The lowest BCUT2D eigenvalue weighted by Gasteiger charge is -2.06. The molecule has 0 unspecified atom stereocenters. The molecule has 1 heterocycles. The van der Waals surface area contributed by atoms with Crippen LogP contribution in [0.15, 0.2) is 24.3 Å². The molecule has 0 amide bonds. The van der Waals surface area contributed by atoms with E-state index in [1.165, 1.54) is 0 Å². The fraction of sp³-hybridized carbons (Fsp3) is 0.300. The SMILES string of the molecule is O=C(O)C[C@H]1Cc2ccccc2O1. The number of aliphatic carboxylic acids is 1. The van der Waals surface area contributed by atoms with Crippen LogP contribution >= 0.6 is 0 Å². The van der Waals surface area contributed by atoms with Crippen molar-refractivity contribution in [2.45, 2.75) is 18.9 Å². The van der Waals surface area contributed by atoms with Crippen molar-refractivity contribution in [2.75, 3.05) is 0 Å². The second-order valence-electron chi connectivity index (χ2n) is 3.15. The average Bonchev–Trinajstić information content (AvgIpc) is 2.44. The van der Waals surface area contributed by atoms with Crippen LogP contribution in [0.4, 0.5) is 0 Å². The van der Waals surface area contributed by atoms with Gasteiger partial charge < -0.3 is 9.84 Å². The summed E-state index contributed by atoms with van der Waals surface area (Å²) in [5.41, 5.74) is 1.11. The van der Waals surface area contributed by atoms with Crippen molar-refractivity contribution in [2.24, 2.45) is 0 Å². The van der Waals surface area contributed by atoms with Gasteiger partial charge in [-0.15, -0.1) is 0 Å². The molecule has 0 saturated heterocycles. The van der Waals surface area contributed by atoms with E-state index in [2.05, 4.69) is 0 Å². The van der Waals surface area contributed by atoms with Crippen molar-refractivity contribution in [3.8, 4) is 5.75 Å². The zero-order valence-electron chi connectivity index (χ0n) is 7.06. The molecule has 0 saturated carbocycles. The topological polar surface area (TPSA) is 46.5 Å². The van der Waals surface area contributed by atoms with Crippen molar-refractivity contribution in [1.82, 2.24) is 0 Å². The third-order valence-electron chi connectivity index (χ3n) is 2.12. The Hall–Kier alpha value is -1.51. The Kier molecular flexibility index (Phi) is 1.93. The van der Waals surface area contributed by atoms with Crippen LogP contribution in [0.2, 0.25) is 0 Å².